The van der Waals surface area contributed by atoms with Crippen molar-refractivity contribution < 1.29 is 4.74 Å². The number of nitrogens with zero attached hydrogens (tertiary/aromatic N) is 1. The van der Waals surface area contributed by atoms with Gasteiger partial charge in [-0.25, -0.2) is 4.98 Å². The molecule has 4 nitrogen and oxygen atoms in total. The van der Waals surface area contributed by atoms with Crippen molar-refractivity contribution in [1.82, 2.24) is 9.97 Å². The fraction of sp³-hybridized carbons (Fsp3) is 0.625. The molecule has 0 radical (unpaired) electrons. The van der Waals surface area contributed by atoms with Crippen molar-refractivity contribution >= 4 is 0 Å². The SMILES string of the molecule is CCOC(C)c1ncc(CN)[nH]1. The van der Waals surface area contributed by atoms with E-state index in [0.717, 1.165) is 11.5 Å². The van der Waals surface area contributed by atoms with Crippen molar-refractivity contribution in [2.45, 2.75) is 26.5 Å². The van der Waals surface area contributed by atoms with Crippen molar-refractivity contribution in [2.24, 2.45) is 5.73 Å². The first-order valence-electron chi connectivity index (χ1n) is 4.13. The van der Waals surface area contributed by atoms with Crippen LogP contribution in [0.2, 0.25) is 0 Å². The molecule has 4 heteroatoms. The number of aromatic nitrogens is 2. The smallest absolute Gasteiger partial charge is 0.135 e. The van der Waals surface area contributed by atoms with Gasteiger partial charge in [0.2, 0.25) is 0 Å². The molecule has 1 rings (SSSR count). The maximum Gasteiger partial charge on any atom is 0.135 e. The van der Waals surface area contributed by atoms with E-state index in [2.05, 4.69) is 9.97 Å². The Labute approximate surface area is 72.1 Å². The Morgan fingerprint density at radius 1 is 1.75 bits per heavy atom. The second-order valence-corrected chi connectivity index (χ2v) is 2.60. The Morgan fingerprint density at radius 3 is 3.00 bits per heavy atom. The normalized spacial score (nSPS) is 13.2. The molecule has 0 spiro atoms. The summed E-state index contributed by atoms with van der Waals surface area (Å²) >= 11 is 0. The van der Waals surface area contributed by atoms with Gasteiger partial charge in [0, 0.05) is 25.0 Å². The summed E-state index contributed by atoms with van der Waals surface area (Å²) in [4.78, 5) is 7.23. The van der Waals surface area contributed by atoms with Crippen LogP contribution in [0.3, 0.4) is 0 Å². The predicted octanol–water partition coefficient (Wildman–Crippen LogP) is 0.966. The Morgan fingerprint density at radius 2 is 2.50 bits per heavy atom. The fourth-order valence-electron chi connectivity index (χ4n) is 1.02. The lowest BCUT2D eigenvalue weighted by Crippen LogP contribution is -2.02. The maximum atomic E-state index is 5.43. The van der Waals surface area contributed by atoms with Gasteiger partial charge in [0.15, 0.2) is 0 Å². The van der Waals surface area contributed by atoms with Crippen LogP contribution in [0.5, 0.6) is 0 Å². The summed E-state index contributed by atoms with van der Waals surface area (Å²) in [6.45, 7) is 5.11. The molecule has 1 atom stereocenters. The Balaban J connectivity index is 2.61. The van der Waals surface area contributed by atoms with Crippen LogP contribution < -0.4 is 5.73 Å². The molecule has 3 N–H and O–H groups in total. The largest absolute Gasteiger partial charge is 0.371 e. The van der Waals surface area contributed by atoms with E-state index in [4.69, 9.17) is 10.5 Å². The molecule has 0 aliphatic carbocycles. The van der Waals surface area contributed by atoms with Crippen LogP contribution in [0.1, 0.15) is 31.5 Å². The number of imidazole rings is 1. The molecule has 0 fully saturated rings. The van der Waals surface area contributed by atoms with E-state index in [9.17, 15) is 0 Å². The van der Waals surface area contributed by atoms with Gasteiger partial charge in [0.25, 0.3) is 0 Å². The standard InChI is InChI=1S/C8H15N3O/c1-3-12-6(2)8-10-5-7(4-9)11-8/h5-6H,3-4,9H2,1-2H3,(H,10,11). The van der Waals surface area contributed by atoms with Crippen molar-refractivity contribution in [3.63, 3.8) is 0 Å². The van der Waals surface area contributed by atoms with Gasteiger partial charge in [-0.15, -0.1) is 0 Å². The van der Waals surface area contributed by atoms with Crippen LogP contribution in [-0.4, -0.2) is 16.6 Å². The molecule has 0 aliphatic heterocycles. The number of H-pyrrole nitrogens is 1. The van der Waals surface area contributed by atoms with E-state index >= 15 is 0 Å². The van der Waals surface area contributed by atoms with Gasteiger partial charge in [0.05, 0.1) is 0 Å². The van der Waals surface area contributed by atoms with Crippen LogP contribution in [0.25, 0.3) is 0 Å². The molecule has 1 heterocycles. The summed E-state index contributed by atoms with van der Waals surface area (Å²) in [6, 6.07) is 0. The summed E-state index contributed by atoms with van der Waals surface area (Å²) in [6.07, 6.45) is 1.76. The molecule has 1 unspecified atom stereocenters. The number of hydrogen-bond acceptors (Lipinski definition) is 3. The van der Waals surface area contributed by atoms with Crippen LogP contribution in [0, 0.1) is 0 Å². The Bertz CT molecular complexity index is 234. The summed E-state index contributed by atoms with van der Waals surface area (Å²) in [5.74, 6) is 0.845. The number of nitrogens with two attached hydrogens (primary N) is 1. The molecular formula is C8H15N3O. The van der Waals surface area contributed by atoms with E-state index in [0.29, 0.717) is 13.2 Å². The summed E-state index contributed by atoms with van der Waals surface area (Å²) < 4.78 is 5.35. The zero-order valence-corrected chi connectivity index (χ0v) is 7.50. The zero-order valence-electron chi connectivity index (χ0n) is 7.50. The van der Waals surface area contributed by atoms with E-state index in [-0.39, 0.29) is 6.10 Å². The lowest BCUT2D eigenvalue weighted by atomic mass is 10.4. The van der Waals surface area contributed by atoms with Crippen molar-refractivity contribution in [3.05, 3.63) is 17.7 Å². The molecule has 1 aromatic heterocycles. The highest BCUT2D eigenvalue weighted by atomic mass is 16.5. The third kappa shape index (κ3) is 2.06. The highest BCUT2D eigenvalue weighted by molar-refractivity contribution is 5.02. The number of hydrogen-bond donors (Lipinski definition) is 2. The first kappa shape index (κ1) is 9.22. The van der Waals surface area contributed by atoms with Gasteiger partial charge in [-0.3, -0.25) is 0 Å². The van der Waals surface area contributed by atoms with E-state index < -0.39 is 0 Å². The van der Waals surface area contributed by atoms with Crippen molar-refractivity contribution in [2.75, 3.05) is 6.61 Å². The quantitative estimate of drug-likeness (QED) is 0.705. The molecule has 0 aromatic carbocycles. The van der Waals surface area contributed by atoms with Gasteiger partial charge in [0.1, 0.15) is 11.9 Å². The molecule has 0 aliphatic rings. The highest BCUT2D eigenvalue weighted by Crippen LogP contribution is 2.11. The number of aromatic amines is 1. The van der Waals surface area contributed by atoms with Gasteiger partial charge < -0.3 is 15.5 Å². The highest BCUT2D eigenvalue weighted by Gasteiger charge is 2.07. The minimum Gasteiger partial charge on any atom is -0.371 e. The molecule has 0 amide bonds. The molecule has 0 saturated heterocycles. The maximum absolute atomic E-state index is 5.43. The van der Waals surface area contributed by atoms with Gasteiger partial charge in [-0.1, -0.05) is 0 Å². The third-order valence-corrected chi connectivity index (χ3v) is 1.67. The van der Waals surface area contributed by atoms with E-state index in [1.165, 1.54) is 0 Å². The van der Waals surface area contributed by atoms with Crippen LogP contribution in [0.4, 0.5) is 0 Å². The number of ether oxygens (including phenoxy) is 1. The third-order valence-electron chi connectivity index (χ3n) is 1.67. The van der Waals surface area contributed by atoms with Crippen molar-refractivity contribution in [3.8, 4) is 0 Å². The lowest BCUT2D eigenvalue weighted by molar-refractivity contribution is 0.0706. The van der Waals surface area contributed by atoms with E-state index in [1.807, 2.05) is 13.8 Å². The monoisotopic (exact) mass is 169 g/mol. The average Bonchev–Trinajstić information content (AvgIpc) is 2.52. The Hall–Kier alpha value is -0.870. The topological polar surface area (TPSA) is 63.9 Å². The van der Waals surface area contributed by atoms with Gasteiger partial charge in [-0.2, -0.15) is 0 Å². The van der Waals surface area contributed by atoms with Crippen LogP contribution >= 0.6 is 0 Å². The van der Waals surface area contributed by atoms with Crippen molar-refractivity contribution in [1.29, 1.82) is 0 Å². The van der Waals surface area contributed by atoms with Crippen LogP contribution in [-0.2, 0) is 11.3 Å². The summed E-state index contributed by atoms with van der Waals surface area (Å²) in [7, 11) is 0. The minimum atomic E-state index is 0.0234. The lowest BCUT2D eigenvalue weighted by Gasteiger charge is -2.07. The molecule has 68 valence electrons. The average molecular weight is 169 g/mol. The molecule has 12 heavy (non-hydrogen) atoms. The van der Waals surface area contributed by atoms with Crippen LogP contribution in [0.15, 0.2) is 6.20 Å². The molecular weight excluding hydrogens is 154 g/mol. The first-order valence-corrected chi connectivity index (χ1v) is 4.13. The molecule has 0 saturated carbocycles. The molecule has 0 bridgehead atoms. The zero-order chi connectivity index (χ0) is 8.97. The summed E-state index contributed by atoms with van der Waals surface area (Å²) in [5, 5.41) is 0. The van der Waals surface area contributed by atoms with Gasteiger partial charge >= 0.3 is 0 Å². The first-order chi connectivity index (χ1) is 5.77. The number of nitrogens with one attached hydrogen (secondary N) is 1. The summed E-state index contributed by atoms with van der Waals surface area (Å²) in [5.41, 5.74) is 6.37. The minimum absolute atomic E-state index is 0.0234. The number of rotatable bonds is 4. The second-order valence-electron chi connectivity index (χ2n) is 2.60. The Kier molecular flexibility index (Phi) is 3.25. The van der Waals surface area contributed by atoms with Gasteiger partial charge in [-0.05, 0) is 13.8 Å². The fourth-order valence-corrected chi connectivity index (χ4v) is 1.02. The second kappa shape index (κ2) is 4.23. The predicted molar refractivity (Wildman–Crippen MR) is 46.5 cm³/mol. The van der Waals surface area contributed by atoms with E-state index in [1.54, 1.807) is 6.20 Å². The molecule has 1 aromatic rings.